The third-order valence-electron chi connectivity index (χ3n) is 5.66. The maximum Gasteiger partial charge on any atom is 0.255 e. The highest BCUT2D eigenvalue weighted by Gasteiger charge is 2.28. The zero-order valence-corrected chi connectivity index (χ0v) is 18.9. The lowest BCUT2D eigenvalue weighted by Gasteiger charge is -2.31. The van der Waals surface area contributed by atoms with Crippen molar-refractivity contribution < 1.29 is 27.5 Å². The molecule has 1 atom stereocenters. The highest BCUT2D eigenvalue weighted by molar-refractivity contribution is 7.89. The third kappa shape index (κ3) is 5.75. The van der Waals surface area contributed by atoms with Gasteiger partial charge in [0.15, 0.2) is 0 Å². The molecular formula is C21H31N3O6S. The summed E-state index contributed by atoms with van der Waals surface area (Å²) in [6, 6.07) is 4.23. The van der Waals surface area contributed by atoms with Crippen LogP contribution in [0.2, 0.25) is 0 Å². The van der Waals surface area contributed by atoms with Crippen molar-refractivity contribution in [3.8, 4) is 5.75 Å². The number of carbonyl (C=O) groups is 2. The van der Waals surface area contributed by atoms with Crippen LogP contribution >= 0.6 is 0 Å². The fraction of sp³-hybridized carbons (Fsp3) is 0.619. The van der Waals surface area contributed by atoms with Crippen LogP contribution in [0, 0.1) is 5.92 Å². The normalized spacial score (nSPS) is 20.3. The van der Waals surface area contributed by atoms with Gasteiger partial charge in [0, 0.05) is 39.1 Å². The molecule has 2 aliphatic heterocycles. The van der Waals surface area contributed by atoms with Gasteiger partial charge in [-0.3, -0.25) is 9.59 Å². The number of ether oxygens (including phenoxy) is 2. The molecule has 3 rings (SSSR count). The lowest BCUT2D eigenvalue weighted by molar-refractivity contribution is -0.132. The van der Waals surface area contributed by atoms with Crippen molar-refractivity contribution in [1.29, 1.82) is 0 Å². The maximum atomic E-state index is 12.9. The first-order chi connectivity index (χ1) is 14.8. The first-order valence-electron chi connectivity index (χ1n) is 10.6. The number of piperidine rings is 1. The number of amides is 2. The van der Waals surface area contributed by atoms with Crippen LogP contribution in [-0.2, 0) is 19.6 Å². The lowest BCUT2D eigenvalue weighted by atomic mass is 10.00. The Bertz CT molecular complexity index is 898. The van der Waals surface area contributed by atoms with E-state index in [2.05, 4.69) is 12.2 Å². The van der Waals surface area contributed by atoms with Crippen molar-refractivity contribution in [2.24, 2.45) is 5.92 Å². The quantitative estimate of drug-likeness (QED) is 0.663. The Hall–Kier alpha value is -2.17. The van der Waals surface area contributed by atoms with Crippen LogP contribution in [0.15, 0.2) is 23.1 Å². The number of benzene rings is 1. The van der Waals surface area contributed by atoms with E-state index in [0.29, 0.717) is 19.1 Å². The fourth-order valence-corrected chi connectivity index (χ4v) is 5.35. The largest absolute Gasteiger partial charge is 0.496 e. The van der Waals surface area contributed by atoms with Gasteiger partial charge in [0.25, 0.3) is 5.91 Å². The number of hydrogen-bond donors (Lipinski definition) is 1. The monoisotopic (exact) mass is 453 g/mol. The predicted octanol–water partition coefficient (Wildman–Crippen LogP) is 1.09. The van der Waals surface area contributed by atoms with Crippen LogP contribution in [0.1, 0.15) is 36.5 Å². The molecule has 0 aliphatic carbocycles. The van der Waals surface area contributed by atoms with Gasteiger partial charge in [-0.1, -0.05) is 6.92 Å². The minimum atomic E-state index is -3.74. The number of morpholine rings is 1. The molecule has 2 saturated heterocycles. The number of nitrogens with zero attached hydrogens (tertiary/aromatic N) is 2. The second-order valence-corrected chi connectivity index (χ2v) is 9.91. The van der Waals surface area contributed by atoms with Crippen LogP contribution in [-0.4, -0.2) is 82.5 Å². The molecule has 1 N–H and O–H groups in total. The molecule has 0 spiro atoms. The Labute approximate surface area is 183 Å². The van der Waals surface area contributed by atoms with Gasteiger partial charge in [0.2, 0.25) is 15.9 Å². The topological polar surface area (TPSA) is 105 Å². The Morgan fingerprint density at radius 3 is 2.65 bits per heavy atom. The van der Waals surface area contributed by atoms with E-state index in [4.69, 9.17) is 9.47 Å². The molecule has 2 aliphatic rings. The zero-order valence-electron chi connectivity index (χ0n) is 18.1. The summed E-state index contributed by atoms with van der Waals surface area (Å²) in [7, 11) is -2.32. The molecular weight excluding hydrogens is 422 g/mol. The number of likely N-dealkylation sites (tertiary alicyclic amines) is 1. The van der Waals surface area contributed by atoms with E-state index in [-0.39, 0.29) is 48.2 Å². The van der Waals surface area contributed by atoms with Crippen LogP contribution < -0.4 is 10.1 Å². The molecule has 1 unspecified atom stereocenters. The van der Waals surface area contributed by atoms with Gasteiger partial charge in [0.05, 0.1) is 30.8 Å². The molecule has 0 bridgehead atoms. The van der Waals surface area contributed by atoms with Gasteiger partial charge >= 0.3 is 0 Å². The average Bonchev–Trinajstić information content (AvgIpc) is 2.79. The molecule has 0 saturated carbocycles. The molecule has 2 heterocycles. The number of methoxy groups -OCH3 is 1. The number of rotatable bonds is 7. The van der Waals surface area contributed by atoms with Crippen molar-refractivity contribution in [2.75, 3.05) is 53.0 Å². The van der Waals surface area contributed by atoms with Crippen LogP contribution in [0.5, 0.6) is 5.75 Å². The summed E-state index contributed by atoms with van der Waals surface area (Å²) in [4.78, 5) is 27.0. The molecule has 9 nitrogen and oxygen atoms in total. The average molecular weight is 454 g/mol. The standard InChI is InChI=1S/C21H31N3O6S/c1-16-4-3-9-23(15-16)20(25)7-8-22-21(26)18-14-17(5-6-19(18)29-2)31(27,28)24-10-12-30-13-11-24/h5-6,14,16H,3-4,7-13,15H2,1-2H3,(H,22,26). The van der Waals surface area contributed by atoms with Crippen molar-refractivity contribution >= 4 is 21.8 Å². The van der Waals surface area contributed by atoms with Gasteiger partial charge in [-0.05, 0) is 37.0 Å². The van der Waals surface area contributed by atoms with Crippen molar-refractivity contribution in [2.45, 2.75) is 31.1 Å². The van der Waals surface area contributed by atoms with E-state index in [1.165, 1.54) is 29.6 Å². The van der Waals surface area contributed by atoms with Gasteiger partial charge in [-0.2, -0.15) is 4.31 Å². The SMILES string of the molecule is COc1ccc(S(=O)(=O)N2CCOCC2)cc1C(=O)NCCC(=O)N1CCCC(C)C1. The predicted molar refractivity (Wildman–Crippen MR) is 115 cm³/mol. The Morgan fingerprint density at radius 1 is 1.23 bits per heavy atom. The molecule has 10 heteroatoms. The summed E-state index contributed by atoms with van der Waals surface area (Å²) in [5.74, 6) is 0.306. The second-order valence-electron chi connectivity index (χ2n) is 7.97. The number of carbonyl (C=O) groups excluding carboxylic acids is 2. The minimum Gasteiger partial charge on any atom is -0.496 e. The highest BCUT2D eigenvalue weighted by Crippen LogP contribution is 2.25. The lowest BCUT2D eigenvalue weighted by Crippen LogP contribution is -2.41. The summed E-state index contributed by atoms with van der Waals surface area (Å²) >= 11 is 0. The maximum absolute atomic E-state index is 12.9. The molecule has 31 heavy (non-hydrogen) atoms. The summed E-state index contributed by atoms with van der Waals surface area (Å²) in [6.07, 6.45) is 2.33. The van der Waals surface area contributed by atoms with Crippen molar-refractivity contribution in [1.82, 2.24) is 14.5 Å². The zero-order chi connectivity index (χ0) is 22.4. The van der Waals surface area contributed by atoms with E-state index in [1.807, 2.05) is 4.90 Å². The summed E-state index contributed by atoms with van der Waals surface area (Å²) in [5, 5.41) is 2.72. The van der Waals surface area contributed by atoms with Crippen molar-refractivity contribution in [3.05, 3.63) is 23.8 Å². The molecule has 1 aromatic carbocycles. The van der Waals surface area contributed by atoms with Crippen molar-refractivity contribution in [3.63, 3.8) is 0 Å². The number of nitrogens with one attached hydrogen (secondary N) is 1. The molecule has 0 radical (unpaired) electrons. The second kappa shape index (κ2) is 10.4. The first kappa shape index (κ1) is 23.5. The Balaban J connectivity index is 1.65. The highest BCUT2D eigenvalue weighted by atomic mass is 32.2. The molecule has 1 aromatic rings. The Morgan fingerprint density at radius 2 is 1.97 bits per heavy atom. The smallest absolute Gasteiger partial charge is 0.255 e. The van der Waals surface area contributed by atoms with E-state index in [9.17, 15) is 18.0 Å². The minimum absolute atomic E-state index is 0.0162. The van der Waals surface area contributed by atoms with Gasteiger partial charge in [-0.15, -0.1) is 0 Å². The fourth-order valence-electron chi connectivity index (χ4n) is 3.91. The van der Waals surface area contributed by atoms with Crippen LogP contribution in [0.4, 0.5) is 0 Å². The third-order valence-corrected chi connectivity index (χ3v) is 7.55. The van der Waals surface area contributed by atoms with Gasteiger partial charge in [-0.25, -0.2) is 8.42 Å². The van der Waals surface area contributed by atoms with E-state index < -0.39 is 15.9 Å². The molecule has 172 valence electrons. The van der Waals surface area contributed by atoms with Crippen LogP contribution in [0.25, 0.3) is 0 Å². The molecule has 0 aromatic heterocycles. The summed E-state index contributed by atoms with van der Waals surface area (Å²) in [6.45, 7) is 5.03. The molecule has 2 fully saturated rings. The first-order valence-corrected chi connectivity index (χ1v) is 12.1. The number of hydrogen-bond acceptors (Lipinski definition) is 6. The van der Waals surface area contributed by atoms with E-state index in [1.54, 1.807) is 0 Å². The van der Waals surface area contributed by atoms with Gasteiger partial charge in [0.1, 0.15) is 5.75 Å². The van der Waals surface area contributed by atoms with Crippen LogP contribution in [0.3, 0.4) is 0 Å². The number of sulfonamides is 1. The van der Waals surface area contributed by atoms with E-state index >= 15 is 0 Å². The summed E-state index contributed by atoms with van der Waals surface area (Å²) < 4.78 is 37.6. The van der Waals surface area contributed by atoms with E-state index in [0.717, 1.165) is 25.9 Å². The van der Waals surface area contributed by atoms with Gasteiger partial charge < -0.3 is 19.7 Å². The summed E-state index contributed by atoms with van der Waals surface area (Å²) in [5.41, 5.74) is 0.121. The molecule has 2 amide bonds. The Kier molecular flexibility index (Phi) is 7.90.